The number of methoxy groups -OCH3 is 1. The molecule has 0 aliphatic carbocycles. The van der Waals surface area contributed by atoms with Gasteiger partial charge in [-0.3, -0.25) is 4.79 Å². The molecule has 1 aromatic rings. The lowest BCUT2D eigenvalue weighted by Crippen LogP contribution is -2.15. The van der Waals surface area contributed by atoms with Crippen molar-refractivity contribution in [2.45, 2.75) is 17.7 Å². The lowest BCUT2D eigenvalue weighted by Gasteiger charge is -2.09. The van der Waals surface area contributed by atoms with Gasteiger partial charge < -0.3 is 14.7 Å². The highest BCUT2D eigenvalue weighted by molar-refractivity contribution is 7.87. The standard InChI is InChI=1S/C11H15NO5S/c1-16-9-5-2-3-6-10(9)18(14,15)17-11(13)7-4-8-12/h2-3,5-6H,4,7-8,12H2,1H3. The van der Waals surface area contributed by atoms with E-state index in [0.29, 0.717) is 13.0 Å². The molecule has 0 aliphatic heterocycles. The number of nitrogens with two attached hydrogens (primary N) is 1. The second-order valence-electron chi connectivity index (χ2n) is 3.45. The zero-order valence-corrected chi connectivity index (χ0v) is 10.8. The molecular formula is C11H15NO5S. The van der Waals surface area contributed by atoms with Gasteiger partial charge in [-0.05, 0) is 25.1 Å². The molecule has 0 radical (unpaired) electrons. The number of hydrogen-bond donors (Lipinski definition) is 1. The van der Waals surface area contributed by atoms with E-state index in [1.165, 1.54) is 25.3 Å². The summed E-state index contributed by atoms with van der Waals surface area (Å²) in [6.45, 7) is 0.295. The van der Waals surface area contributed by atoms with Crippen LogP contribution in [0.15, 0.2) is 29.2 Å². The Balaban J connectivity index is 2.89. The van der Waals surface area contributed by atoms with Crippen molar-refractivity contribution in [1.82, 2.24) is 0 Å². The molecule has 6 nitrogen and oxygen atoms in total. The molecule has 0 fully saturated rings. The van der Waals surface area contributed by atoms with E-state index in [1.807, 2.05) is 0 Å². The summed E-state index contributed by atoms with van der Waals surface area (Å²) < 4.78 is 33.0. The average molecular weight is 273 g/mol. The van der Waals surface area contributed by atoms with Gasteiger partial charge in [-0.2, -0.15) is 8.42 Å². The van der Waals surface area contributed by atoms with Gasteiger partial charge >= 0.3 is 16.1 Å². The number of rotatable bonds is 6. The van der Waals surface area contributed by atoms with Gasteiger partial charge in [-0.15, -0.1) is 0 Å². The molecule has 0 atom stereocenters. The topological polar surface area (TPSA) is 95.7 Å². The van der Waals surface area contributed by atoms with E-state index < -0.39 is 16.1 Å². The van der Waals surface area contributed by atoms with E-state index in [1.54, 1.807) is 6.07 Å². The fourth-order valence-electron chi connectivity index (χ4n) is 1.28. The van der Waals surface area contributed by atoms with Crippen molar-refractivity contribution in [3.63, 3.8) is 0 Å². The number of benzene rings is 1. The first-order valence-electron chi connectivity index (χ1n) is 5.31. The maximum atomic E-state index is 11.8. The zero-order valence-electron chi connectivity index (χ0n) is 9.96. The van der Waals surface area contributed by atoms with Crippen molar-refractivity contribution in [3.8, 4) is 5.75 Å². The van der Waals surface area contributed by atoms with E-state index in [2.05, 4.69) is 4.18 Å². The second-order valence-corrected chi connectivity index (χ2v) is 4.97. The Morgan fingerprint density at radius 3 is 2.61 bits per heavy atom. The molecule has 0 spiro atoms. The third-order valence-electron chi connectivity index (χ3n) is 2.13. The molecule has 0 amide bonds. The van der Waals surface area contributed by atoms with Crippen LogP contribution >= 0.6 is 0 Å². The van der Waals surface area contributed by atoms with E-state index in [-0.39, 0.29) is 17.1 Å². The van der Waals surface area contributed by atoms with Gasteiger partial charge in [0.2, 0.25) is 0 Å². The lowest BCUT2D eigenvalue weighted by atomic mass is 10.3. The average Bonchev–Trinajstić information content (AvgIpc) is 2.35. The predicted molar refractivity (Wildman–Crippen MR) is 64.6 cm³/mol. The zero-order chi connectivity index (χ0) is 13.6. The van der Waals surface area contributed by atoms with E-state index >= 15 is 0 Å². The van der Waals surface area contributed by atoms with Crippen molar-refractivity contribution in [2.24, 2.45) is 5.73 Å². The Morgan fingerprint density at radius 2 is 2.00 bits per heavy atom. The monoisotopic (exact) mass is 273 g/mol. The highest BCUT2D eigenvalue weighted by atomic mass is 32.2. The molecule has 2 N–H and O–H groups in total. The van der Waals surface area contributed by atoms with Crippen LogP contribution < -0.4 is 10.5 Å². The molecule has 0 unspecified atom stereocenters. The van der Waals surface area contributed by atoms with Gasteiger partial charge in [-0.25, -0.2) is 0 Å². The van der Waals surface area contributed by atoms with Crippen molar-refractivity contribution < 1.29 is 22.1 Å². The van der Waals surface area contributed by atoms with Crippen LogP contribution in [-0.2, 0) is 19.1 Å². The first-order valence-corrected chi connectivity index (χ1v) is 6.72. The molecule has 0 aliphatic rings. The summed E-state index contributed by atoms with van der Waals surface area (Å²) >= 11 is 0. The lowest BCUT2D eigenvalue weighted by molar-refractivity contribution is -0.133. The Labute approximate surface area is 106 Å². The molecule has 0 bridgehead atoms. The van der Waals surface area contributed by atoms with Gasteiger partial charge in [0.15, 0.2) is 0 Å². The molecule has 0 heterocycles. The summed E-state index contributed by atoms with van der Waals surface area (Å²) in [7, 11) is -2.81. The van der Waals surface area contributed by atoms with Gasteiger partial charge in [0.05, 0.1) is 7.11 Å². The smallest absolute Gasteiger partial charge is 0.345 e. The Morgan fingerprint density at radius 1 is 1.33 bits per heavy atom. The van der Waals surface area contributed by atoms with Crippen LogP contribution in [0.25, 0.3) is 0 Å². The quantitative estimate of drug-likeness (QED) is 0.765. The molecule has 1 aromatic carbocycles. The summed E-state index contributed by atoms with van der Waals surface area (Å²) in [5.74, 6) is -0.699. The van der Waals surface area contributed by atoms with Gasteiger partial charge in [0.1, 0.15) is 10.6 Å². The highest BCUT2D eigenvalue weighted by Crippen LogP contribution is 2.24. The second kappa shape index (κ2) is 6.36. The fourth-order valence-corrected chi connectivity index (χ4v) is 2.34. The maximum Gasteiger partial charge on any atom is 0.345 e. The van der Waals surface area contributed by atoms with Gasteiger partial charge in [0.25, 0.3) is 0 Å². The van der Waals surface area contributed by atoms with Crippen LogP contribution in [0.4, 0.5) is 0 Å². The third-order valence-corrected chi connectivity index (χ3v) is 3.41. The molecule has 100 valence electrons. The van der Waals surface area contributed by atoms with Gasteiger partial charge in [0, 0.05) is 6.42 Å². The van der Waals surface area contributed by atoms with E-state index in [9.17, 15) is 13.2 Å². The summed E-state index contributed by atoms with van der Waals surface area (Å²) in [6, 6.07) is 5.92. The molecule has 1 rings (SSSR count). The first-order chi connectivity index (χ1) is 8.51. The van der Waals surface area contributed by atoms with Crippen LogP contribution in [0.3, 0.4) is 0 Å². The summed E-state index contributed by atoms with van der Waals surface area (Å²) in [5, 5.41) is 0. The normalized spacial score (nSPS) is 11.0. The molecule has 7 heteroatoms. The van der Waals surface area contributed by atoms with Crippen molar-refractivity contribution in [2.75, 3.05) is 13.7 Å². The van der Waals surface area contributed by atoms with Crippen LogP contribution in [0.1, 0.15) is 12.8 Å². The van der Waals surface area contributed by atoms with Crippen molar-refractivity contribution in [1.29, 1.82) is 0 Å². The highest BCUT2D eigenvalue weighted by Gasteiger charge is 2.23. The largest absolute Gasteiger partial charge is 0.495 e. The number of ether oxygens (including phenoxy) is 1. The minimum absolute atomic E-state index is 0.0368. The van der Waals surface area contributed by atoms with E-state index in [0.717, 1.165) is 0 Å². The third kappa shape index (κ3) is 3.71. The first kappa shape index (κ1) is 14.5. The number of carbonyl (C=O) groups is 1. The van der Waals surface area contributed by atoms with Crippen molar-refractivity contribution >= 4 is 16.1 Å². The van der Waals surface area contributed by atoms with Crippen molar-refractivity contribution in [3.05, 3.63) is 24.3 Å². The fraction of sp³-hybridized carbons (Fsp3) is 0.364. The maximum absolute atomic E-state index is 11.8. The Hall–Kier alpha value is -1.60. The van der Waals surface area contributed by atoms with Crippen LogP contribution in [0.5, 0.6) is 5.75 Å². The van der Waals surface area contributed by atoms with Crippen LogP contribution in [-0.4, -0.2) is 28.0 Å². The number of hydrogen-bond acceptors (Lipinski definition) is 6. The summed E-state index contributed by atoms with van der Waals surface area (Å²) in [6.07, 6.45) is 0.338. The summed E-state index contributed by atoms with van der Waals surface area (Å²) in [5.41, 5.74) is 5.22. The number of para-hydroxylation sites is 1. The SMILES string of the molecule is COc1ccccc1S(=O)(=O)OC(=O)CCCN. The molecule has 0 saturated heterocycles. The minimum Gasteiger partial charge on any atom is -0.495 e. The van der Waals surface area contributed by atoms with Crippen LogP contribution in [0, 0.1) is 0 Å². The molecule has 0 saturated carbocycles. The predicted octanol–water partition coefficient (Wildman–Crippen LogP) is 0.666. The summed E-state index contributed by atoms with van der Waals surface area (Å²) in [4.78, 5) is 11.1. The van der Waals surface area contributed by atoms with Gasteiger partial charge in [-0.1, -0.05) is 12.1 Å². The minimum atomic E-state index is -4.15. The molecular weight excluding hydrogens is 258 g/mol. The number of carbonyl (C=O) groups excluding carboxylic acids is 1. The molecule has 0 aromatic heterocycles. The van der Waals surface area contributed by atoms with E-state index in [4.69, 9.17) is 10.5 Å². The molecule has 18 heavy (non-hydrogen) atoms. The van der Waals surface area contributed by atoms with Crippen LogP contribution in [0.2, 0.25) is 0 Å². The Kier molecular flexibility index (Phi) is 5.11. The Bertz CT molecular complexity index is 512.